The van der Waals surface area contributed by atoms with Crippen molar-refractivity contribution in [3.8, 4) is 0 Å². The average molecular weight is 463 g/mol. The normalized spacial score (nSPS) is 25.0. The number of hydrogen-bond donors (Lipinski definition) is 1. The number of sulfonamides is 1. The molecule has 2 heterocycles. The fourth-order valence-corrected chi connectivity index (χ4v) is 7.07. The molecule has 0 unspecified atom stereocenters. The molecule has 8 heteroatoms. The Morgan fingerprint density at radius 3 is 2.35 bits per heavy atom. The van der Waals surface area contributed by atoms with Crippen LogP contribution in [0.2, 0.25) is 0 Å². The molecule has 2 fully saturated rings. The van der Waals surface area contributed by atoms with Crippen LogP contribution in [0.5, 0.6) is 0 Å². The Labute approximate surface area is 168 Å². The first kappa shape index (κ1) is 20.3. The molecule has 1 aromatic rings. The minimum Gasteiger partial charge on any atom is -0.342 e. The Kier molecular flexibility index (Phi) is 7.16. The van der Waals surface area contributed by atoms with Crippen LogP contribution in [0.1, 0.15) is 51.4 Å². The molecule has 1 aliphatic heterocycles. The van der Waals surface area contributed by atoms with Gasteiger partial charge in [0.05, 0.1) is 3.79 Å². The van der Waals surface area contributed by atoms with Gasteiger partial charge in [0.15, 0.2) is 0 Å². The number of nitrogens with zero attached hydrogens (tertiary/aromatic N) is 1. The van der Waals surface area contributed by atoms with E-state index in [0.29, 0.717) is 22.6 Å². The van der Waals surface area contributed by atoms with E-state index in [-0.39, 0.29) is 5.92 Å². The quantitative estimate of drug-likeness (QED) is 0.718. The monoisotopic (exact) mass is 462 g/mol. The molecule has 2 aliphatic rings. The highest BCUT2D eigenvalue weighted by atomic mass is 79.9. The highest BCUT2D eigenvalue weighted by Crippen LogP contribution is 2.31. The number of carbonyl (C=O) groups is 1. The fourth-order valence-electron chi connectivity index (χ4n) is 3.90. The van der Waals surface area contributed by atoms with Gasteiger partial charge >= 0.3 is 0 Å². The zero-order valence-electron chi connectivity index (χ0n) is 15.0. The van der Waals surface area contributed by atoms with Crippen LogP contribution in [0.4, 0.5) is 0 Å². The van der Waals surface area contributed by atoms with Crippen molar-refractivity contribution >= 4 is 43.2 Å². The van der Waals surface area contributed by atoms with Gasteiger partial charge in [-0.25, -0.2) is 13.1 Å². The lowest BCUT2D eigenvalue weighted by Crippen LogP contribution is -2.39. The molecule has 5 nitrogen and oxygen atoms in total. The van der Waals surface area contributed by atoms with Gasteiger partial charge in [-0.1, -0.05) is 12.8 Å². The van der Waals surface area contributed by atoms with Crippen molar-refractivity contribution in [2.24, 2.45) is 11.8 Å². The maximum atomic E-state index is 12.7. The summed E-state index contributed by atoms with van der Waals surface area (Å²) >= 11 is 4.52. The molecule has 0 radical (unpaired) electrons. The van der Waals surface area contributed by atoms with E-state index in [0.717, 1.165) is 55.4 Å². The highest BCUT2D eigenvalue weighted by molar-refractivity contribution is 9.11. The van der Waals surface area contributed by atoms with Crippen molar-refractivity contribution in [2.45, 2.75) is 55.6 Å². The second kappa shape index (κ2) is 9.17. The lowest BCUT2D eigenvalue weighted by molar-refractivity contribution is -0.136. The second-order valence-corrected chi connectivity index (χ2v) is 11.8. The van der Waals surface area contributed by atoms with Gasteiger partial charge in [0.25, 0.3) is 0 Å². The summed E-state index contributed by atoms with van der Waals surface area (Å²) in [7, 11) is -3.43. The summed E-state index contributed by atoms with van der Waals surface area (Å²) in [5, 5.41) is 0. The van der Waals surface area contributed by atoms with Gasteiger partial charge in [-0.2, -0.15) is 0 Å². The minimum absolute atomic E-state index is 0.134. The van der Waals surface area contributed by atoms with Gasteiger partial charge < -0.3 is 4.90 Å². The summed E-state index contributed by atoms with van der Waals surface area (Å²) in [4.78, 5) is 14.8. The summed E-state index contributed by atoms with van der Waals surface area (Å²) < 4.78 is 28.5. The van der Waals surface area contributed by atoms with E-state index in [4.69, 9.17) is 0 Å². The molecule has 0 bridgehead atoms. The Morgan fingerprint density at radius 1 is 1.12 bits per heavy atom. The standard InChI is InChI=1S/C18H27BrN2O3S2/c19-16-9-10-17(25-16)26(23,24)20-13-14-5-7-15(8-6-14)18(22)21-11-3-1-2-4-12-21/h9-10,14-15,20H,1-8,11-13H2. The zero-order chi connectivity index (χ0) is 18.6. The van der Waals surface area contributed by atoms with E-state index in [9.17, 15) is 13.2 Å². The van der Waals surface area contributed by atoms with Crippen molar-refractivity contribution < 1.29 is 13.2 Å². The number of hydrogen-bond acceptors (Lipinski definition) is 4. The molecule has 1 aliphatic carbocycles. The molecule has 3 rings (SSSR count). The maximum absolute atomic E-state index is 12.7. The van der Waals surface area contributed by atoms with E-state index in [1.807, 2.05) is 0 Å². The van der Waals surface area contributed by atoms with Gasteiger partial charge in [0.1, 0.15) is 4.21 Å². The number of likely N-dealkylation sites (tertiary alicyclic amines) is 1. The molecule has 1 N–H and O–H groups in total. The van der Waals surface area contributed by atoms with Crippen LogP contribution in [0.3, 0.4) is 0 Å². The van der Waals surface area contributed by atoms with Crippen LogP contribution in [-0.2, 0) is 14.8 Å². The first-order chi connectivity index (χ1) is 12.5. The van der Waals surface area contributed by atoms with Gasteiger partial charge in [-0.15, -0.1) is 11.3 Å². The summed E-state index contributed by atoms with van der Waals surface area (Å²) in [6.45, 7) is 2.28. The van der Waals surface area contributed by atoms with Crippen molar-refractivity contribution in [2.75, 3.05) is 19.6 Å². The molecule has 1 saturated carbocycles. The summed E-state index contributed by atoms with van der Waals surface area (Å²) in [5.74, 6) is 0.782. The number of halogens is 1. The first-order valence-corrected chi connectivity index (χ1v) is 12.6. The van der Waals surface area contributed by atoms with Gasteiger partial charge in [0.2, 0.25) is 15.9 Å². The summed E-state index contributed by atoms with van der Waals surface area (Å²) in [6.07, 6.45) is 8.32. The lowest BCUT2D eigenvalue weighted by atomic mass is 9.81. The molecule has 0 spiro atoms. The lowest BCUT2D eigenvalue weighted by Gasteiger charge is -2.31. The van der Waals surface area contributed by atoms with Crippen molar-refractivity contribution in [1.29, 1.82) is 0 Å². The molecule has 1 aromatic heterocycles. The molecule has 0 aromatic carbocycles. The number of nitrogens with one attached hydrogen (secondary N) is 1. The summed E-state index contributed by atoms with van der Waals surface area (Å²) in [5.41, 5.74) is 0. The van der Waals surface area contributed by atoms with Crippen LogP contribution >= 0.6 is 27.3 Å². The largest absolute Gasteiger partial charge is 0.342 e. The van der Waals surface area contributed by atoms with E-state index >= 15 is 0 Å². The Hall–Kier alpha value is -0.440. The predicted octanol–water partition coefficient (Wildman–Crippen LogP) is 4.00. The molecule has 146 valence electrons. The van der Waals surface area contributed by atoms with Gasteiger partial charge in [-0.05, 0) is 72.5 Å². The van der Waals surface area contributed by atoms with E-state index in [2.05, 4.69) is 25.6 Å². The number of amides is 1. The van der Waals surface area contributed by atoms with Crippen LogP contribution in [0.25, 0.3) is 0 Å². The smallest absolute Gasteiger partial charge is 0.250 e. The summed E-state index contributed by atoms with van der Waals surface area (Å²) in [6, 6.07) is 3.37. The van der Waals surface area contributed by atoms with Gasteiger partial charge in [0, 0.05) is 25.6 Å². The third kappa shape index (κ3) is 5.30. The number of carbonyl (C=O) groups excluding carboxylic acids is 1. The molecule has 1 amide bonds. The highest BCUT2D eigenvalue weighted by Gasteiger charge is 2.30. The van der Waals surface area contributed by atoms with Crippen molar-refractivity contribution in [3.05, 3.63) is 15.9 Å². The molecular formula is C18H27BrN2O3S2. The third-order valence-electron chi connectivity index (χ3n) is 5.49. The fraction of sp³-hybridized carbons (Fsp3) is 0.722. The van der Waals surface area contributed by atoms with E-state index in [1.165, 1.54) is 24.2 Å². The van der Waals surface area contributed by atoms with Crippen molar-refractivity contribution in [3.63, 3.8) is 0 Å². The zero-order valence-corrected chi connectivity index (χ0v) is 18.2. The number of rotatable bonds is 5. The van der Waals surface area contributed by atoms with E-state index < -0.39 is 10.0 Å². The number of thiophene rings is 1. The Bertz CT molecular complexity index is 704. The Morgan fingerprint density at radius 2 is 1.77 bits per heavy atom. The third-order valence-corrected chi connectivity index (χ3v) is 9.03. The molecular weight excluding hydrogens is 436 g/mol. The average Bonchev–Trinajstić information content (AvgIpc) is 2.92. The Balaban J connectivity index is 1.45. The molecule has 26 heavy (non-hydrogen) atoms. The minimum atomic E-state index is -3.43. The SMILES string of the molecule is O=C(C1CCC(CNS(=O)(=O)c2ccc(Br)s2)CC1)N1CCCCCC1. The second-order valence-electron chi connectivity index (χ2n) is 7.37. The topological polar surface area (TPSA) is 66.5 Å². The predicted molar refractivity (Wildman–Crippen MR) is 108 cm³/mol. The molecule has 0 atom stereocenters. The van der Waals surface area contributed by atoms with Crippen LogP contribution in [-0.4, -0.2) is 38.9 Å². The van der Waals surface area contributed by atoms with Crippen LogP contribution < -0.4 is 4.72 Å². The van der Waals surface area contributed by atoms with E-state index in [1.54, 1.807) is 12.1 Å². The van der Waals surface area contributed by atoms with Crippen molar-refractivity contribution in [1.82, 2.24) is 9.62 Å². The first-order valence-electron chi connectivity index (χ1n) is 9.49. The van der Waals surface area contributed by atoms with Gasteiger partial charge in [-0.3, -0.25) is 4.79 Å². The molecule has 1 saturated heterocycles. The van der Waals surface area contributed by atoms with Crippen LogP contribution in [0.15, 0.2) is 20.1 Å². The maximum Gasteiger partial charge on any atom is 0.250 e. The van der Waals surface area contributed by atoms with Crippen LogP contribution in [0, 0.1) is 11.8 Å².